The van der Waals surface area contributed by atoms with E-state index in [2.05, 4.69) is 15.9 Å². The molecule has 2 unspecified atom stereocenters. The fourth-order valence-corrected chi connectivity index (χ4v) is 2.83. The largest absolute Gasteiger partial charge is 0.480 e. The lowest BCUT2D eigenvalue weighted by Crippen LogP contribution is -2.48. The Morgan fingerprint density at radius 2 is 2.41 bits per heavy atom. The minimum Gasteiger partial charge on any atom is -0.480 e. The predicted molar refractivity (Wildman–Crippen MR) is 66.6 cm³/mol. The quantitative estimate of drug-likeness (QED) is 0.933. The first-order chi connectivity index (χ1) is 8.08. The summed E-state index contributed by atoms with van der Waals surface area (Å²) in [5.41, 5.74) is 0. The molecule has 1 aliphatic rings. The third-order valence-corrected chi connectivity index (χ3v) is 3.70. The first kappa shape index (κ1) is 12.6. The van der Waals surface area contributed by atoms with E-state index < -0.39 is 12.0 Å². The number of likely N-dealkylation sites (tertiary alicyclic amines) is 1. The van der Waals surface area contributed by atoms with Gasteiger partial charge in [-0.05, 0) is 53.4 Å². The van der Waals surface area contributed by atoms with Gasteiger partial charge in [0.05, 0.1) is 6.54 Å². The van der Waals surface area contributed by atoms with Crippen molar-refractivity contribution >= 4 is 21.9 Å². The molecule has 1 N–H and O–H groups in total. The lowest BCUT2D eigenvalue weighted by Gasteiger charge is -2.36. The Kier molecular flexibility index (Phi) is 3.89. The van der Waals surface area contributed by atoms with Gasteiger partial charge in [-0.15, -0.1) is 0 Å². The summed E-state index contributed by atoms with van der Waals surface area (Å²) in [6, 6.07) is 3.31. The summed E-state index contributed by atoms with van der Waals surface area (Å²) in [4.78, 5) is 13.3. The molecule has 0 radical (unpaired) electrons. The van der Waals surface area contributed by atoms with Gasteiger partial charge in [-0.25, -0.2) is 0 Å². The number of carbonyl (C=O) groups is 1. The molecule has 1 aliphatic heterocycles. The molecule has 2 heterocycles. The van der Waals surface area contributed by atoms with Crippen LogP contribution < -0.4 is 0 Å². The smallest absolute Gasteiger partial charge is 0.321 e. The van der Waals surface area contributed by atoms with E-state index in [4.69, 9.17) is 4.42 Å². The SMILES string of the molecule is CC1CCCN(Cc2ccc(Br)o2)C1C(=O)O. The van der Waals surface area contributed by atoms with Gasteiger partial charge in [-0.1, -0.05) is 6.92 Å². The van der Waals surface area contributed by atoms with Crippen molar-refractivity contribution in [3.8, 4) is 0 Å². The summed E-state index contributed by atoms with van der Waals surface area (Å²) in [6.07, 6.45) is 2.03. The van der Waals surface area contributed by atoms with Crippen LogP contribution in [0, 0.1) is 5.92 Å². The van der Waals surface area contributed by atoms with Crippen molar-refractivity contribution in [3.63, 3.8) is 0 Å². The van der Waals surface area contributed by atoms with Crippen LogP contribution in [0.3, 0.4) is 0 Å². The fourth-order valence-electron chi connectivity index (χ4n) is 2.49. The van der Waals surface area contributed by atoms with Gasteiger partial charge in [0.15, 0.2) is 4.67 Å². The molecule has 0 aliphatic carbocycles. The first-order valence-electron chi connectivity index (χ1n) is 5.79. The molecular formula is C12H16BrNO3. The van der Waals surface area contributed by atoms with Crippen LogP contribution in [0.4, 0.5) is 0 Å². The molecule has 1 fully saturated rings. The Morgan fingerprint density at radius 3 is 3.00 bits per heavy atom. The molecule has 1 aromatic heterocycles. The number of nitrogens with zero attached hydrogens (tertiary/aromatic N) is 1. The van der Waals surface area contributed by atoms with Gasteiger partial charge in [0.1, 0.15) is 11.8 Å². The number of furan rings is 1. The van der Waals surface area contributed by atoms with Crippen LogP contribution >= 0.6 is 15.9 Å². The highest BCUT2D eigenvalue weighted by Crippen LogP contribution is 2.26. The van der Waals surface area contributed by atoms with E-state index in [0.717, 1.165) is 25.1 Å². The monoisotopic (exact) mass is 301 g/mol. The number of aliphatic carboxylic acids is 1. The highest BCUT2D eigenvalue weighted by molar-refractivity contribution is 9.10. The van der Waals surface area contributed by atoms with Crippen molar-refractivity contribution in [3.05, 3.63) is 22.6 Å². The molecule has 0 saturated carbocycles. The average Bonchev–Trinajstić information content (AvgIpc) is 2.63. The van der Waals surface area contributed by atoms with E-state index in [1.165, 1.54) is 0 Å². The van der Waals surface area contributed by atoms with Gasteiger partial charge in [0.25, 0.3) is 0 Å². The molecule has 2 rings (SSSR count). The topological polar surface area (TPSA) is 53.7 Å². The molecule has 17 heavy (non-hydrogen) atoms. The summed E-state index contributed by atoms with van der Waals surface area (Å²) in [5, 5.41) is 9.28. The van der Waals surface area contributed by atoms with E-state index in [-0.39, 0.29) is 5.92 Å². The van der Waals surface area contributed by atoms with Crippen LogP contribution in [0.25, 0.3) is 0 Å². The van der Waals surface area contributed by atoms with Crippen molar-refractivity contribution in [1.29, 1.82) is 0 Å². The Hall–Kier alpha value is -0.810. The van der Waals surface area contributed by atoms with Crippen LogP contribution in [-0.4, -0.2) is 28.6 Å². The van der Waals surface area contributed by atoms with Gasteiger partial charge >= 0.3 is 5.97 Å². The van der Waals surface area contributed by atoms with Gasteiger partial charge < -0.3 is 9.52 Å². The van der Waals surface area contributed by atoms with Crippen LogP contribution in [0.15, 0.2) is 21.2 Å². The minimum absolute atomic E-state index is 0.194. The van der Waals surface area contributed by atoms with Crippen LogP contribution in [0.2, 0.25) is 0 Å². The van der Waals surface area contributed by atoms with Crippen molar-refractivity contribution in [1.82, 2.24) is 4.90 Å². The summed E-state index contributed by atoms with van der Waals surface area (Å²) in [5.74, 6) is 0.264. The number of halogens is 1. The van der Waals surface area contributed by atoms with Crippen LogP contribution in [0.1, 0.15) is 25.5 Å². The summed E-state index contributed by atoms with van der Waals surface area (Å²) in [7, 11) is 0. The third-order valence-electron chi connectivity index (χ3n) is 3.28. The van der Waals surface area contributed by atoms with E-state index in [1.807, 2.05) is 24.0 Å². The maximum Gasteiger partial charge on any atom is 0.321 e. The van der Waals surface area contributed by atoms with Crippen LogP contribution in [0.5, 0.6) is 0 Å². The second-order valence-corrected chi connectivity index (χ2v) is 5.36. The second kappa shape index (κ2) is 5.23. The Morgan fingerprint density at radius 1 is 1.65 bits per heavy atom. The zero-order valence-electron chi connectivity index (χ0n) is 9.73. The highest BCUT2D eigenvalue weighted by Gasteiger charge is 2.34. The van der Waals surface area contributed by atoms with E-state index in [0.29, 0.717) is 11.2 Å². The average molecular weight is 302 g/mol. The second-order valence-electron chi connectivity index (χ2n) is 4.58. The number of carboxylic acid groups (broad SMARTS) is 1. The van der Waals surface area contributed by atoms with Gasteiger partial charge in [0, 0.05) is 0 Å². The maximum absolute atomic E-state index is 11.3. The summed E-state index contributed by atoms with van der Waals surface area (Å²) >= 11 is 3.25. The molecule has 0 bridgehead atoms. The first-order valence-corrected chi connectivity index (χ1v) is 6.58. The van der Waals surface area contributed by atoms with E-state index in [9.17, 15) is 9.90 Å². The molecule has 0 amide bonds. The number of piperidine rings is 1. The normalized spacial score (nSPS) is 26.0. The van der Waals surface area contributed by atoms with Crippen molar-refractivity contribution in [2.24, 2.45) is 5.92 Å². The molecule has 1 aromatic rings. The van der Waals surface area contributed by atoms with E-state index in [1.54, 1.807) is 0 Å². The lowest BCUT2D eigenvalue weighted by molar-refractivity contribution is -0.147. The summed E-state index contributed by atoms with van der Waals surface area (Å²) < 4.78 is 6.12. The Labute approximate surface area is 109 Å². The molecule has 2 atom stereocenters. The van der Waals surface area contributed by atoms with E-state index >= 15 is 0 Å². The minimum atomic E-state index is -0.733. The zero-order valence-corrected chi connectivity index (χ0v) is 11.3. The molecule has 94 valence electrons. The molecule has 0 aromatic carbocycles. The van der Waals surface area contributed by atoms with Crippen molar-refractivity contribution in [2.45, 2.75) is 32.4 Å². The highest BCUT2D eigenvalue weighted by atomic mass is 79.9. The number of hydrogen-bond acceptors (Lipinski definition) is 3. The van der Waals surface area contributed by atoms with Gasteiger partial charge in [-0.2, -0.15) is 0 Å². The Balaban J connectivity index is 2.09. The standard InChI is InChI=1S/C12H16BrNO3/c1-8-3-2-6-14(11(8)12(15)16)7-9-4-5-10(13)17-9/h4-5,8,11H,2-3,6-7H2,1H3,(H,15,16). The summed E-state index contributed by atoms with van der Waals surface area (Å²) in [6.45, 7) is 3.38. The number of carboxylic acids is 1. The Bertz CT molecular complexity index is 404. The third kappa shape index (κ3) is 2.90. The lowest BCUT2D eigenvalue weighted by atomic mass is 9.91. The van der Waals surface area contributed by atoms with Gasteiger partial charge in [-0.3, -0.25) is 9.69 Å². The molecule has 1 saturated heterocycles. The van der Waals surface area contributed by atoms with Crippen molar-refractivity contribution in [2.75, 3.05) is 6.54 Å². The number of hydrogen-bond donors (Lipinski definition) is 1. The van der Waals surface area contributed by atoms with Crippen molar-refractivity contribution < 1.29 is 14.3 Å². The zero-order chi connectivity index (χ0) is 12.4. The van der Waals surface area contributed by atoms with Crippen LogP contribution in [-0.2, 0) is 11.3 Å². The molecule has 0 spiro atoms. The molecule has 4 nitrogen and oxygen atoms in total. The fraction of sp³-hybridized carbons (Fsp3) is 0.583. The molecule has 5 heteroatoms. The van der Waals surface area contributed by atoms with Gasteiger partial charge in [0.2, 0.25) is 0 Å². The molecular weight excluding hydrogens is 286 g/mol. The number of rotatable bonds is 3. The predicted octanol–water partition coefficient (Wildman–Crippen LogP) is 2.73. The maximum atomic E-state index is 11.3.